The molecule has 1 atom stereocenters. The van der Waals surface area contributed by atoms with Gasteiger partial charge in [-0.25, -0.2) is 0 Å². The molecule has 0 radical (unpaired) electrons. The molecule has 4 rings (SSSR count). The predicted molar refractivity (Wildman–Crippen MR) is 110 cm³/mol. The van der Waals surface area contributed by atoms with Crippen molar-refractivity contribution in [3.8, 4) is 11.5 Å². The van der Waals surface area contributed by atoms with E-state index in [4.69, 9.17) is 9.47 Å². The molecule has 2 fully saturated rings. The summed E-state index contributed by atoms with van der Waals surface area (Å²) in [6.45, 7) is 0.391. The second-order valence-corrected chi connectivity index (χ2v) is 7.85. The SMILES string of the molecule is COc1ccc(C2CCC(=O)N(C(=O)c3ccccc3)C2)cc1OC1CCCC1. The van der Waals surface area contributed by atoms with Gasteiger partial charge in [-0.1, -0.05) is 24.3 Å². The molecule has 1 aliphatic heterocycles. The minimum atomic E-state index is -0.226. The smallest absolute Gasteiger partial charge is 0.260 e. The highest BCUT2D eigenvalue weighted by Gasteiger charge is 2.32. The Balaban J connectivity index is 1.54. The molecule has 1 saturated carbocycles. The van der Waals surface area contributed by atoms with Gasteiger partial charge in [0.05, 0.1) is 13.2 Å². The summed E-state index contributed by atoms with van der Waals surface area (Å²) in [5.74, 6) is 1.25. The van der Waals surface area contributed by atoms with Crippen LogP contribution in [0.4, 0.5) is 0 Å². The Morgan fingerprint density at radius 3 is 2.48 bits per heavy atom. The fourth-order valence-electron chi connectivity index (χ4n) is 4.28. The Morgan fingerprint density at radius 1 is 1.00 bits per heavy atom. The first-order chi connectivity index (χ1) is 14.2. The van der Waals surface area contributed by atoms with Gasteiger partial charge in [0.1, 0.15) is 0 Å². The molecule has 1 aliphatic carbocycles. The molecule has 1 unspecified atom stereocenters. The van der Waals surface area contributed by atoms with E-state index in [0.29, 0.717) is 18.5 Å². The molecule has 2 aromatic rings. The van der Waals surface area contributed by atoms with Crippen molar-refractivity contribution in [2.45, 2.75) is 50.5 Å². The van der Waals surface area contributed by atoms with Gasteiger partial charge in [-0.15, -0.1) is 0 Å². The number of likely N-dealkylation sites (tertiary alicyclic amines) is 1. The maximum Gasteiger partial charge on any atom is 0.260 e. The lowest BCUT2D eigenvalue weighted by Crippen LogP contribution is -2.43. The minimum absolute atomic E-state index is 0.0946. The number of hydrogen-bond acceptors (Lipinski definition) is 4. The van der Waals surface area contributed by atoms with Gasteiger partial charge in [0.15, 0.2) is 11.5 Å². The fraction of sp³-hybridized carbons (Fsp3) is 0.417. The standard InChI is InChI=1S/C24H27NO4/c1-28-21-13-11-18(15-22(21)29-20-9-5-6-10-20)19-12-14-23(26)25(16-19)24(27)17-7-3-2-4-8-17/h2-4,7-8,11,13,15,19-20H,5-6,9-10,12,14,16H2,1H3. The molecular weight excluding hydrogens is 366 g/mol. The molecule has 5 nitrogen and oxygen atoms in total. The lowest BCUT2D eigenvalue weighted by molar-refractivity contribution is -0.130. The predicted octanol–water partition coefficient (Wildman–Crippen LogP) is 4.56. The molecule has 0 aromatic heterocycles. The van der Waals surface area contributed by atoms with Crippen LogP contribution in [-0.4, -0.2) is 36.5 Å². The number of carbonyl (C=O) groups is 2. The van der Waals surface area contributed by atoms with E-state index in [0.717, 1.165) is 36.3 Å². The second-order valence-electron chi connectivity index (χ2n) is 7.85. The lowest BCUT2D eigenvalue weighted by atomic mass is 9.89. The summed E-state index contributed by atoms with van der Waals surface area (Å²) in [7, 11) is 1.65. The van der Waals surface area contributed by atoms with Crippen LogP contribution in [0.1, 0.15) is 60.4 Å². The van der Waals surface area contributed by atoms with E-state index < -0.39 is 0 Å². The zero-order valence-corrected chi connectivity index (χ0v) is 16.8. The third kappa shape index (κ3) is 4.29. The Labute approximate surface area is 171 Å². The summed E-state index contributed by atoms with van der Waals surface area (Å²) in [5, 5.41) is 0. The first kappa shape index (κ1) is 19.5. The largest absolute Gasteiger partial charge is 0.493 e. The maximum atomic E-state index is 12.8. The fourth-order valence-corrected chi connectivity index (χ4v) is 4.28. The van der Waals surface area contributed by atoms with Crippen molar-refractivity contribution in [3.05, 3.63) is 59.7 Å². The summed E-state index contributed by atoms with van der Waals surface area (Å²) >= 11 is 0. The third-order valence-corrected chi connectivity index (χ3v) is 5.93. The molecule has 2 amide bonds. The minimum Gasteiger partial charge on any atom is -0.493 e. The summed E-state index contributed by atoms with van der Waals surface area (Å²) in [5.41, 5.74) is 1.62. The number of ether oxygens (including phenoxy) is 2. The number of nitrogens with zero attached hydrogens (tertiary/aromatic N) is 1. The zero-order chi connectivity index (χ0) is 20.2. The number of rotatable bonds is 5. The van der Waals surface area contributed by atoms with E-state index in [2.05, 4.69) is 0 Å². The second kappa shape index (κ2) is 8.68. The van der Waals surface area contributed by atoms with Crippen LogP contribution in [0, 0.1) is 0 Å². The average molecular weight is 393 g/mol. The van der Waals surface area contributed by atoms with Gasteiger partial charge in [-0.3, -0.25) is 14.5 Å². The van der Waals surface area contributed by atoms with Crippen molar-refractivity contribution in [3.63, 3.8) is 0 Å². The molecule has 1 heterocycles. The molecule has 152 valence electrons. The molecule has 0 spiro atoms. The first-order valence-corrected chi connectivity index (χ1v) is 10.4. The molecule has 0 N–H and O–H groups in total. The third-order valence-electron chi connectivity index (χ3n) is 5.93. The number of methoxy groups -OCH3 is 1. The normalized spacial score (nSPS) is 20.0. The Kier molecular flexibility index (Phi) is 5.84. The molecule has 5 heteroatoms. The number of carbonyl (C=O) groups excluding carboxylic acids is 2. The van der Waals surface area contributed by atoms with Gasteiger partial charge in [0.2, 0.25) is 5.91 Å². The summed E-state index contributed by atoms with van der Waals surface area (Å²) in [6.07, 6.45) is 5.89. The van der Waals surface area contributed by atoms with Gasteiger partial charge in [-0.2, -0.15) is 0 Å². The summed E-state index contributed by atoms with van der Waals surface area (Å²) in [6, 6.07) is 15.0. The maximum absolute atomic E-state index is 12.8. The van der Waals surface area contributed by atoms with E-state index in [-0.39, 0.29) is 23.8 Å². The van der Waals surface area contributed by atoms with Gasteiger partial charge in [-0.05, 0) is 61.9 Å². The van der Waals surface area contributed by atoms with Crippen molar-refractivity contribution < 1.29 is 19.1 Å². The number of benzene rings is 2. The van der Waals surface area contributed by atoms with Crippen molar-refractivity contribution in [1.29, 1.82) is 0 Å². The molecule has 2 aromatic carbocycles. The van der Waals surface area contributed by atoms with Gasteiger partial charge < -0.3 is 9.47 Å². The van der Waals surface area contributed by atoms with Crippen LogP contribution in [-0.2, 0) is 4.79 Å². The van der Waals surface area contributed by atoms with Crippen LogP contribution in [0.5, 0.6) is 11.5 Å². The van der Waals surface area contributed by atoms with Crippen LogP contribution in [0.3, 0.4) is 0 Å². The number of amides is 2. The molecule has 0 bridgehead atoms. The average Bonchev–Trinajstić information content (AvgIpc) is 3.27. The van der Waals surface area contributed by atoms with E-state index >= 15 is 0 Å². The monoisotopic (exact) mass is 393 g/mol. The van der Waals surface area contributed by atoms with Crippen LogP contribution >= 0.6 is 0 Å². The van der Waals surface area contributed by atoms with Gasteiger partial charge in [0, 0.05) is 24.4 Å². The highest BCUT2D eigenvalue weighted by molar-refractivity contribution is 6.05. The molecule has 1 saturated heterocycles. The number of hydrogen-bond donors (Lipinski definition) is 0. The van der Waals surface area contributed by atoms with Crippen LogP contribution in [0.25, 0.3) is 0 Å². The number of piperidine rings is 1. The summed E-state index contributed by atoms with van der Waals surface area (Å²) < 4.78 is 11.7. The van der Waals surface area contributed by atoms with Crippen molar-refractivity contribution in [1.82, 2.24) is 4.90 Å². The Hall–Kier alpha value is -2.82. The topological polar surface area (TPSA) is 55.8 Å². The Morgan fingerprint density at radius 2 is 1.76 bits per heavy atom. The molecule has 2 aliphatic rings. The molecule has 29 heavy (non-hydrogen) atoms. The van der Waals surface area contributed by atoms with Crippen LogP contribution < -0.4 is 9.47 Å². The van der Waals surface area contributed by atoms with E-state index in [9.17, 15) is 9.59 Å². The van der Waals surface area contributed by atoms with E-state index in [1.54, 1.807) is 19.2 Å². The van der Waals surface area contributed by atoms with Crippen molar-refractivity contribution >= 4 is 11.8 Å². The van der Waals surface area contributed by atoms with E-state index in [1.165, 1.54) is 17.7 Å². The quantitative estimate of drug-likeness (QED) is 0.699. The van der Waals surface area contributed by atoms with Crippen LogP contribution in [0.15, 0.2) is 48.5 Å². The summed E-state index contributed by atoms with van der Waals surface area (Å²) in [4.78, 5) is 26.7. The first-order valence-electron chi connectivity index (χ1n) is 10.4. The van der Waals surface area contributed by atoms with E-state index in [1.807, 2.05) is 36.4 Å². The highest BCUT2D eigenvalue weighted by Crippen LogP contribution is 2.37. The van der Waals surface area contributed by atoms with Crippen molar-refractivity contribution in [2.24, 2.45) is 0 Å². The molecular formula is C24H27NO4. The number of imide groups is 1. The van der Waals surface area contributed by atoms with Crippen molar-refractivity contribution in [2.75, 3.05) is 13.7 Å². The van der Waals surface area contributed by atoms with Gasteiger partial charge >= 0.3 is 0 Å². The Bertz CT molecular complexity index is 874. The van der Waals surface area contributed by atoms with Crippen LogP contribution in [0.2, 0.25) is 0 Å². The zero-order valence-electron chi connectivity index (χ0n) is 16.8. The van der Waals surface area contributed by atoms with Gasteiger partial charge in [0.25, 0.3) is 5.91 Å². The highest BCUT2D eigenvalue weighted by atomic mass is 16.5. The lowest BCUT2D eigenvalue weighted by Gasteiger charge is -2.32.